The molecule has 46 heavy (non-hydrogen) atoms. The monoisotopic (exact) mass is 622 g/mol. The molecule has 10 heteroatoms. The molecule has 3 atom stereocenters. The molecule has 0 bridgehead atoms. The quantitative estimate of drug-likeness (QED) is 0.200. The lowest BCUT2D eigenvalue weighted by atomic mass is 9.99. The highest BCUT2D eigenvalue weighted by Gasteiger charge is 2.43. The number of carbonyl (C=O) groups excluding carboxylic acids is 1. The highest BCUT2D eigenvalue weighted by atomic mass is 16.5. The Bertz CT molecular complexity index is 1610. The second-order valence-electron chi connectivity index (χ2n) is 11.7. The fraction of sp³-hybridized carbons (Fsp3) is 0.361. The maximum atomic E-state index is 14.1. The van der Waals surface area contributed by atoms with Crippen molar-refractivity contribution in [2.75, 3.05) is 57.2 Å². The fourth-order valence-corrected chi connectivity index (χ4v) is 6.69. The number of carbonyl (C=O) groups is 1. The molecule has 0 spiro atoms. The van der Waals surface area contributed by atoms with E-state index in [1.165, 1.54) is 5.56 Å². The van der Waals surface area contributed by atoms with Gasteiger partial charge in [-0.25, -0.2) is 9.97 Å². The van der Waals surface area contributed by atoms with Crippen molar-refractivity contribution in [3.8, 4) is 11.5 Å². The molecule has 0 aliphatic carbocycles. The molecule has 10 nitrogen and oxygen atoms in total. The van der Waals surface area contributed by atoms with Crippen LogP contribution in [0, 0.1) is 0 Å². The molecule has 4 aromatic rings. The number of nitrogens with one attached hydrogen (secondary N) is 1. The van der Waals surface area contributed by atoms with Gasteiger partial charge in [0.05, 0.1) is 20.3 Å². The zero-order valence-corrected chi connectivity index (χ0v) is 26.7. The molecule has 1 fully saturated rings. The van der Waals surface area contributed by atoms with Crippen molar-refractivity contribution >= 4 is 17.5 Å². The van der Waals surface area contributed by atoms with E-state index in [1.54, 1.807) is 37.6 Å². The van der Waals surface area contributed by atoms with Gasteiger partial charge >= 0.3 is 0 Å². The van der Waals surface area contributed by atoms with Gasteiger partial charge in [-0.15, -0.1) is 0 Å². The van der Waals surface area contributed by atoms with E-state index >= 15 is 0 Å². The maximum Gasteiger partial charge on any atom is 0.257 e. The van der Waals surface area contributed by atoms with Crippen molar-refractivity contribution in [3.05, 3.63) is 107 Å². The summed E-state index contributed by atoms with van der Waals surface area (Å²) in [6, 6.07) is 23.7. The third kappa shape index (κ3) is 6.36. The van der Waals surface area contributed by atoms with Gasteiger partial charge in [-0.05, 0) is 61.2 Å². The second-order valence-corrected chi connectivity index (χ2v) is 11.7. The number of methoxy groups -OCH3 is 2. The lowest BCUT2D eigenvalue weighted by Gasteiger charge is -2.40. The number of rotatable bonds is 12. The van der Waals surface area contributed by atoms with Crippen molar-refractivity contribution in [1.82, 2.24) is 19.8 Å². The Labute approximate surface area is 270 Å². The number of benzene rings is 3. The van der Waals surface area contributed by atoms with Crippen LogP contribution in [-0.4, -0.2) is 77.7 Å². The number of fused-ring (bicyclic) bond motifs is 1. The van der Waals surface area contributed by atoms with Gasteiger partial charge in [-0.3, -0.25) is 9.69 Å². The number of amides is 1. The Balaban J connectivity index is 1.23. The number of hydrogen-bond donors (Lipinski definition) is 2. The van der Waals surface area contributed by atoms with Crippen LogP contribution in [0.4, 0.5) is 11.6 Å². The SMILES string of the molecule is COc1ccc([C@@H](CCCNc2ncccn2)N2C(=O)c3cccc(N4CCN([C@H](C)c5ccccc5)CC4)c3C2O)cc1OC. The van der Waals surface area contributed by atoms with Gasteiger partial charge in [-0.1, -0.05) is 42.5 Å². The van der Waals surface area contributed by atoms with Crippen molar-refractivity contribution in [2.45, 2.75) is 38.1 Å². The number of anilines is 2. The summed E-state index contributed by atoms with van der Waals surface area (Å²) in [7, 11) is 3.19. The summed E-state index contributed by atoms with van der Waals surface area (Å²) in [6.07, 6.45) is 3.60. The van der Waals surface area contributed by atoms with E-state index in [2.05, 4.69) is 56.3 Å². The first kappa shape index (κ1) is 31.3. The van der Waals surface area contributed by atoms with Crippen molar-refractivity contribution < 1.29 is 19.4 Å². The molecule has 0 saturated carbocycles. The van der Waals surface area contributed by atoms with Gasteiger partial charge in [0.25, 0.3) is 5.91 Å². The highest BCUT2D eigenvalue weighted by molar-refractivity contribution is 6.01. The van der Waals surface area contributed by atoms with Crippen LogP contribution in [-0.2, 0) is 0 Å². The zero-order chi connectivity index (χ0) is 32.0. The Kier molecular flexibility index (Phi) is 9.65. The average molecular weight is 623 g/mol. The predicted molar refractivity (Wildman–Crippen MR) is 178 cm³/mol. The minimum absolute atomic E-state index is 0.181. The molecule has 3 heterocycles. The molecule has 1 unspecified atom stereocenters. The topological polar surface area (TPSA) is 103 Å². The summed E-state index contributed by atoms with van der Waals surface area (Å²) in [5.74, 6) is 1.55. The third-order valence-electron chi connectivity index (χ3n) is 9.19. The smallest absolute Gasteiger partial charge is 0.257 e. The van der Waals surface area contributed by atoms with Crippen LogP contribution in [0.15, 0.2) is 85.2 Å². The van der Waals surface area contributed by atoms with E-state index in [-0.39, 0.29) is 5.91 Å². The Hall–Kier alpha value is -4.67. The van der Waals surface area contributed by atoms with Crippen LogP contribution >= 0.6 is 0 Å². The summed E-state index contributed by atoms with van der Waals surface area (Å²) in [5.41, 5.74) is 4.31. The number of piperazine rings is 1. The molecular formula is C36H42N6O4. The predicted octanol–water partition coefficient (Wildman–Crippen LogP) is 5.46. The van der Waals surface area contributed by atoms with Gasteiger partial charge in [-0.2, -0.15) is 0 Å². The molecule has 1 saturated heterocycles. The first-order valence-electron chi connectivity index (χ1n) is 15.9. The number of aliphatic hydroxyl groups excluding tert-OH is 1. The fourth-order valence-electron chi connectivity index (χ4n) is 6.69. The van der Waals surface area contributed by atoms with Crippen LogP contribution in [0.5, 0.6) is 11.5 Å². The number of aromatic nitrogens is 2. The Morgan fingerprint density at radius 2 is 1.63 bits per heavy atom. The molecule has 2 N–H and O–H groups in total. The van der Waals surface area contributed by atoms with Crippen LogP contribution in [0.1, 0.15) is 65.1 Å². The summed E-state index contributed by atoms with van der Waals surface area (Å²) < 4.78 is 11.1. The van der Waals surface area contributed by atoms with Gasteiger partial charge < -0.3 is 29.7 Å². The van der Waals surface area contributed by atoms with Crippen molar-refractivity contribution in [1.29, 1.82) is 0 Å². The standard InChI is InChI=1S/C36H42N6O4/c1-25(26-10-5-4-6-11-26)40-20-22-41(23-21-40)30-13-7-12-28-33(30)35(44)42(34(28)43)29(14-8-17-37-36-38-18-9-19-39-36)27-15-16-31(45-2)32(24-27)46-3/h4-7,9-13,15-16,18-19,24-25,29,35,44H,8,14,17,20-23H2,1-3H3,(H,37,38,39)/t25-,29-,35?/m1/s1. The Morgan fingerprint density at radius 3 is 2.35 bits per heavy atom. The van der Waals surface area contributed by atoms with Gasteiger partial charge in [0.15, 0.2) is 17.7 Å². The molecule has 1 aromatic heterocycles. The number of nitrogens with zero attached hydrogens (tertiary/aromatic N) is 5. The minimum Gasteiger partial charge on any atom is -0.493 e. The van der Waals surface area contributed by atoms with E-state index in [4.69, 9.17) is 9.47 Å². The number of ether oxygens (including phenoxy) is 2. The second kappa shape index (κ2) is 14.2. The van der Waals surface area contributed by atoms with E-state index in [1.807, 2.05) is 42.5 Å². The van der Waals surface area contributed by atoms with Crippen LogP contribution in [0.25, 0.3) is 0 Å². The molecular weight excluding hydrogens is 580 g/mol. The first-order valence-corrected chi connectivity index (χ1v) is 15.9. The molecule has 2 aliphatic heterocycles. The highest BCUT2D eigenvalue weighted by Crippen LogP contribution is 2.45. The van der Waals surface area contributed by atoms with Crippen molar-refractivity contribution in [3.63, 3.8) is 0 Å². The largest absolute Gasteiger partial charge is 0.493 e. The first-order chi connectivity index (χ1) is 22.5. The molecule has 3 aromatic carbocycles. The lowest BCUT2D eigenvalue weighted by Crippen LogP contribution is -2.47. The average Bonchev–Trinajstić information content (AvgIpc) is 3.37. The molecule has 1 amide bonds. The molecule has 6 rings (SSSR count). The summed E-state index contributed by atoms with van der Waals surface area (Å²) >= 11 is 0. The number of hydrogen-bond acceptors (Lipinski definition) is 9. The lowest BCUT2D eigenvalue weighted by molar-refractivity contribution is -0.00586. The zero-order valence-electron chi connectivity index (χ0n) is 26.7. The van der Waals surface area contributed by atoms with Gasteiger partial charge in [0.1, 0.15) is 0 Å². The minimum atomic E-state index is -1.09. The Morgan fingerprint density at radius 1 is 0.891 bits per heavy atom. The van der Waals surface area contributed by atoms with E-state index in [0.29, 0.717) is 54.0 Å². The van der Waals surface area contributed by atoms with Crippen LogP contribution < -0.4 is 19.7 Å². The third-order valence-corrected chi connectivity index (χ3v) is 9.19. The van der Waals surface area contributed by atoms with E-state index < -0.39 is 12.3 Å². The molecule has 0 radical (unpaired) electrons. The van der Waals surface area contributed by atoms with Gasteiger partial charge in [0.2, 0.25) is 5.95 Å². The number of aliphatic hydroxyl groups is 1. The van der Waals surface area contributed by atoms with Crippen molar-refractivity contribution in [2.24, 2.45) is 0 Å². The summed E-state index contributed by atoms with van der Waals surface area (Å²) in [5, 5.41) is 15.2. The summed E-state index contributed by atoms with van der Waals surface area (Å²) in [6.45, 7) is 6.25. The normalized spacial score (nSPS) is 17.8. The van der Waals surface area contributed by atoms with Crippen LogP contribution in [0.2, 0.25) is 0 Å². The molecule has 240 valence electrons. The van der Waals surface area contributed by atoms with E-state index in [9.17, 15) is 9.90 Å². The van der Waals surface area contributed by atoms with Crippen LogP contribution in [0.3, 0.4) is 0 Å². The maximum absolute atomic E-state index is 14.1. The van der Waals surface area contributed by atoms with E-state index in [0.717, 1.165) is 37.4 Å². The summed E-state index contributed by atoms with van der Waals surface area (Å²) in [4.78, 5) is 29.0. The van der Waals surface area contributed by atoms with Gasteiger partial charge in [0, 0.05) is 68.0 Å². The molecule has 2 aliphatic rings.